The molecule has 1 heterocycles. The van der Waals surface area contributed by atoms with Crippen LogP contribution in [0.15, 0.2) is 11.3 Å². The third kappa shape index (κ3) is 3.13. The lowest BCUT2D eigenvalue weighted by Gasteiger charge is -2.35. The molecule has 1 aliphatic rings. The van der Waals surface area contributed by atoms with Crippen molar-refractivity contribution in [3.63, 3.8) is 0 Å². The molecule has 0 bridgehead atoms. The zero-order valence-electron chi connectivity index (χ0n) is 11.8. The molecule has 6 nitrogen and oxygen atoms in total. The Kier molecular flexibility index (Phi) is 5.50. The number of carbonyl (C=O) groups excluding carboxylic acids is 2. The Morgan fingerprint density at radius 3 is 2.26 bits per heavy atom. The molecule has 0 aromatic heterocycles. The van der Waals surface area contributed by atoms with Crippen LogP contribution in [-0.2, 0) is 28.5 Å². The van der Waals surface area contributed by atoms with E-state index in [4.69, 9.17) is 18.9 Å². The van der Waals surface area contributed by atoms with Crippen LogP contribution in [-0.4, -0.2) is 44.0 Å². The molecule has 0 fully saturated rings. The van der Waals surface area contributed by atoms with E-state index in [1.54, 1.807) is 27.7 Å². The second-order valence-electron chi connectivity index (χ2n) is 3.89. The molecule has 0 saturated carbocycles. The Balaban J connectivity index is 3.10. The number of allylic oxidation sites excluding steroid dienone is 1. The minimum absolute atomic E-state index is 0.0672. The molecule has 0 radical (unpaired) electrons. The van der Waals surface area contributed by atoms with Crippen molar-refractivity contribution in [1.29, 1.82) is 0 Å². The quantitative estimate of drug-likeness (QED) is 0.411. The Morgan fingerprint density at radius 1 is 1.21 bits per heavy atom. The van der Waals surface area contributed by atoms with Crippen molar-refractivity contribution < 1.29 is 28.5 Å². The molecule has 1 rings (SSSR count). The Morgan fingerprint density at radius 2 is 1.79 bits per heavy atom. The molecule has 0 atom stereocenters. The summed E-state index contributed by atoms with van der Waals surface area (Å²) in [6.45, 7) is 7.34. The minimum atomic E-state index is -1.55. The summed E-state index contributed by atoms with van der Waals surface area (Å²) in [6.07, 6.45) is 0. The van der Waals surface area contributed by atoms with E-state index in [2.05, 4.69) is 0 Å². The zero-order valence-corrected chi connectivity index (χ0v) is 11.8. The highest BCUT2D eigenvalue weighted by atomic mass is 16.7. The lowest BCUT2D eigenvalue weighted by molar-refractivity contribution is -0.243. The average molecular weight is 272 g/mol. The summed E-state index contributed by atoms with van der Waals surface area (Å²) in [5, 5.41) is 0. The van der Waals surface area contributed by atoms with E-state index in [-0.39, 0.29) is 37.8 Å². The van der Waals surface area contributed by atoms with Crippen LogP contribution in [0.3, 0.4) is 0 Å². The van der Waals surface area contributed by atoms with Crippen LogP contribution >= 0.6 is 0 Å². The summed E-state index contributed by atoms with van der Waals surface area (Å²) in [6, 6.07) is 0. The molecule has 108 valence electrons. The van der Waals surface area contributed by atoms with E-state index in [0.717, 1.165) is 0 Å². The topological polar surface area (TPSA) is 71.1 Å². The maximum absolute atomic E-state index is 12.5. The molecule has 0 saturated heterocycles. The molecule has 19 heavy (non-hydrogen) atoms. The fraction of sp³-hybridized carbons (Fsp3) is 0.692. The third-order valence-electron chi connectivity index (χ3n) is 2.64. The Hall–Kier alpha value is -1.40. The number of hydrogen-bond donors (Lipinski definition) is 0. The smallest absolute Gasteiger partial charge is 0.345 e. The highest BCUT2D eigenvalue weighted by Gasteiger charge is 2.49. The molecule has 0 aromatic carbocycles. The first-order valence-electron chi connectivity index (χ1n) is 6.35. The van der Waals surface area contributed by atoms with Gasteiger partial charge in [0.25, 0.3) is 5.79 Å². The number of hydrogen-bond acceptors (Lipinski definition) is 6. The molecular weight excluding hydrogens is 252 g/mol. The Bertz CT molecular complexity index is 379. The number of esters is 1. The van der Waals surface area contributed by atoms with Gasteiger partial charge in [0.05, 0.1) is 6.61 Å². The van der Waals surface area contributed by atoms with Crippen molar-refractivity contribution in [1.82, 2.24) is 0 Å². The first-order chi connectivity index (χ1) is 9.02. The van der Waals surface area contributed by atoms with Crippen molar-refractivity contribution in [2.45, 2.75) is 33.5 Å². The minimum Gasteiger partial charge on any atom is -0.491 e. The summed E-state index contributed by atoms with van der Waals surface area (Å²) in [4.78, 5) is 24.3. The largest absolute Gasteiger partial charge is 0.491 e. The number of Topliss-reactive ketones (excluding diaryl/α,β-unsaturated/α-hetero) is 1. The predicted molar refractivity (Wildman–Crippen MR) is 66.3 cm³/mol. The van der Waals surface area contributed by atoms with Crippen molar-refractivity contribution in [3.05, 3.63) is 11.3 Å². The van der Waals surface area contributed by atoms with Crippen molar-refractivity contribution in [2.24, 2.45) is 0 Å². The number of rotatable bonds is 6. The molecule has 0 aliphatic carbocycles. The van der Waals surface area contributed by atoms with Crippen LogP contribution in [0.5, 0.6) is 0 Å². The second kappa shape index (κ2) is 6.68. The Labute approximate surface area is 112 Å². The van der Waals surface area contributed by atoms with Gasteiger partial charge in [-0.25, -0.2) is 4.79 Å². The van der Waals surface area contributed by atoms with Crippen molar-refractivity contribution in [3.8, 4) is 0 Å². The summed E-state index contributed by atoms with van der Waals surface area (Å²) < 4.78 is 21.0. The van der Waals surface area contributed by atoms with Crippen LogP contribution in [0.25, 0.3) is 0 Å². The van der Waals surface area contributed by atoms with Gasteiger partial charge in [-0.05, 0) is 27.7 Å². The molecule has 1 aliphatic heterocycles. The lowest BCUT2D eigenvalue weighted by Crippen LogP contribution is -2.53. The fourth-order valence-electron chi connectivity index (χ4n) is 1.85. The van der Waals surface area contributed by atoms with Gasteiger partial charge in [-0.2, -0.15) is 0 Å². The fourth-order valence-corrected chi connectivity index (χ4v) is 1.85. The van der Waals surface area contributed by atoms with Gasteiger partial charge in [0.1, 0.15) is 17.9 Å². The van der Waals surface area contributed by atoms with Crippen molar-refractivity contribution in [2.75, 3.05) is 26.4 Å². The first kappa shape index (κ1) is 15.7. The van der Waals surface area contributed by atoms with Crippen LogP contribution in [0, 0.1) is 0 Å². The number of carbonyl (C=O) groups is 2. The first-order valence-corrected chi connectivity index (χ1v) is 6.35. The van der Waals surface area contributed by atoms with Gasteiger partial charge < -0.3 is 18.9 Å². The van der Waals surface area contributed by atoms with Gasteiger partial charge >= 0.3 is 5.97 Å². The van der Waals surface area contributed by atoms with E-state index in [9.17, 15) is 9.59 Å². The standard InChI is InChI=1S/C13H20O6/c1-5-16-12(15)10-9(4)17-8-13(11(10)14,18-6-2)19-7-3/h5-8H2,1-4H3. The van der Waals surface area contributed by atoms with Gasteiger partial charge in [0, 0.05) is 13.2 Å². The normalized spacial score (nSPS) is 18.2. The molecular formula is C13H20O6. The summed E-state index contributed by atoms with van der Waals surface area (Å²) in [7, 11) is 0. The van der Waals surface area contributed by atoms with E-state index < -0.39 is 17.5 Å². The SMILES string of the molecule is CCOC(=O)C1=C(C)OCC(OCC)(OCC)C1=O. The van der Waals surface area contributed by atoms with Crippen LogP contribution in [0.4, 0.5) is 0 Å². The zero-order chi connectivity index (χ0) is 14.5. The molecule has 0 unspecified atom stereocenters. The van der Waals surface area contributed by atoms with E-state index in [0.29, 0.717) is 0 Å². The highest BCUT2D eigenvalue weighted by Crippen LogP contribution is 2.28. The predicted octanol–water partition coefficient (Wildman–Crippen LogP) is 1.19. The molecule has 0 N–H and O–H groups in total. The summed E-state index contributed by atoms with van der Waals surface area (Å²) in [5.74, 6) is -2.57. The molecule has 0 aromatic rings. The second-order valence-corrected chi connectivity index (χ2v) is 3.89. The maximum Gasteiger partial charge on any atom is 0.345 e. The average Bonchev–Trinajstić information content (AvgIpc) is 2.35. The monoisotopic (exact) mass is 272 g/mol. The number of ether oxygens (including phenoxy) is 4. The molecule has 0 amide bonds. The van der Waals surface area contributed by atoms with E-state index >= 15 is 0 Å². The summed E-state index contributed by atoms with van der Waals surface area (Å²) >= 11 is 0. The van der Waals surface area contributed by atoms with Gasteiger partial charge in [-0.15, -0.1) is 0 Å². The van der Waals surface area contributed by atoms with Gasteiger partial charge in [-0.3, -0.25) is 4.79 Å². The third-order valence-corrected chi connectivity index (χ3v) is 2.64. The van der Waals surface area contributed by atoms with Crippen LogP contribution < -0.4 is 0 Å². The maximum atomic E-state index is 12.5. The number of ketones is 1. The van der Waals surface area contributed by atoms with Crippen LogP contribution in [0.2, 0.25) is 0 Å². The van der Waals surface area contributed by atoms with E-state index in [1.807, 2.05) is 0 Å². The van der Waals surface area contributed by atoms with E-state index in [1.165, 1.54) is 0 Å². The highest BCUT2D eigenvalue weighted by molar-refractivity contribution is 6.20. The molecule has 0 spiro atoms. The van der Waals surface area contributed by atoms with Crippen molar-refractivity contribution >= 4 is 11.8 Å². The molecule has 6 heteroatoms. The van der Waals surface area contributed by atoms with Gasteiger partial charge in [0.15, 0.2) is 0 Å². The van der Waals surface area contributed by atoms with Gasteiger partial charge in [-0.1, -0.05) is 0 Å². The van der Waals surface area contributed by atoms with Gasteiger partial charge in [0.2, 0.25) is 5.78 Å². The van der Waals surface area contributed by atoms with Crippen LogP contribution in [0.1, 0.15) is 27.7 Å². The lowest BCUT2D eigenvalue weighted by atomic mass is 10.00. The summed E-state index contributed by atoms with van der Waals surface area (Å²) in [5.41, 5.74) is -0.144.